The highest BCUT2D eigenvalue weighted by Crippen LogP contribution is 2.42. The summed E-state index contributed by atoms with van der Waals surface area (Å²) < 4.78 is 0. The van der Waals surface area contributed by atoms with Crippen LogP contribution < -0.4 is 4.90 Å². The van der Waals surface area contributed by atoms with Gasteiger partial charge in [0.25, 0.3) is 0 Å². The number of anilines is 1. The molecule has 3 heteroatoms. The molecule has 0 aromatic heterocycles. The van der Waals surface area contributed by atoms with E-state index in [9.17, 15) is 4.79 Å². The maximum Gasteiger partial charge on any atom is 0.230 e. The standard InChI is InChI=1S/C23H33NOSi/c1-16(2)26(17(3)4,18(5)6)15-13-20-9-7-8-19-12-14-24(22(19)20)23(25)21-10-11-21/h7-9,16-18,21H,10-12,14H2,1-6H3. The number of rotatable bonds is 4. The smallest absolute Gasteiger partial charge is 0.230 e. The van der Waals surface area contributed by atoms with E-state index in [1.54, 1.807) is 0 Å². The van der Waals surface area contributed by atoms with Crippen LogP contribution in [0.15, 0.2) is 18.2 Å². The molecule has 1 heterocycles. The van der Waals surface area contributed by atoms with E-state index < -0.39 is 8.07 Å². The van der Waals surface area contributed by atoms with Crippen LogP contribution >= 0.6 is 0 Å². The third-order valence-corrected chi connectivity index (χ3v) is 12.8. The van der Waals surface area contributed by atoms with Crippen molar-refractivity contribution in [1.82, 2.24) is 0 Å². The Balaban J connectivity index is 2.03. The summed E-state index contributed by atoms with van der Waals surface area (Å²) >= 11 is 0. The van der Waals surface area contributed by atoms with Gasteiger partial charge in [-0.15, -0.1) is 5.54 Å². The van der Waals surface area contributed by atoms with Crippen molar-refractivity contribution in [3.63, 3.8) is 0 Å². The van der Waals surface area contributed by atoms with Crippen LogP contribution in [0.4, 0.5) is 5.69 Å². The van der Waals surface area contributed by atoms with Crippen molar-refractivity contribution in [3.8, 4) is 11.5 Å². The molecule has 0 saturated heterocycles. The van der Waals surface area contributed by atoms with Crippen molar-refractivity contribution >= 4 is 19.7 Å². The van der Waals surface area contributed by atoms with Crippen molar-refractivity contribution in [2.45, 2.75) is 77.4 Å². The van der Waals surface area contributed by atoms with Gasteiger partial charge in [-0.2, -0.15) is 0 Å². The summed E-state index contributed by atoms with van der Waals surface area (Å²) in [4.78, 5) is 14.8. The molecule has 26 heavy (non-hydrogen) atoms. The first-order chi connectivity index (χ1) is 12.3. The van der Waals surface area contributed by atoms with Gasteiger partial charge in [0.05, 0.1) is 5.69 Å². The van der Waals surface area contributed by atoms with Gasteiger partial charge >= 0.3 is 0 Å². The van der Waals surface area contributed by atoms with Crippen molar-refractivity contribution in [2.24, 2.45) is 5.92 Å². The molecule has 3 rings (SSSR count). The molecule has 2 nitrogen and oxygen atoms in total. The zero-order valence-corrected chi connectivity index (χ0v) is 18.2. The first kappa shape index (κ1) is 19.2. The number of nitrogens with zero attached hydrogens (tertiary/aromatic N) is 1. The topological polar surface area (TPSA) is 20.3 Å². The van der Waals surface area contributed by atoms with Gasteiger partial charge in [-0.3, -0.25) is 4.79 Å². The number of amides is 1. The van der Waals surface area contributed by atoms with Gasteiger partial charge in [-0.05, 0) is 47.5 Å². The molecule has 1 saturated carbocycles. The Kier molecular flexibility index (Phi) is 5.35. The summed E-state index contributed by atoms with van der Waals surface area (Å²) in [6.07, 6.45) is 3.08. The molecule has 1 aromatic rings. The molecule has 0 N–H and O–H groups in total. The molecule has 1 fully saturated rings. The quantitative estimate of drug-likeness (QED) is 0.504. The highest BCUT2D eigenvalue weighted by atomic mass is 28.3. The highest BCUT2D eigenvalue weighted by Gasteiger charge is 2.42. The van der Waals surface area contributed by atoms with E-state index in [0.717, 1.165) is 37.1 Å². The Morgan fingerprint density at radius 3 is 2.23 bits per heavy atom. The summed E-state index contributed by atoms with van der Waals surface area (Å²) in [5, 5.41) is 0. The molecule has 0 bridgehead atoms. The van der Waals surface area contributed by atoms with Gasteiger partial charge in [-0.1, -0.05) is 59.6 Å². The van der Waals surface area contributed by atoms with Gasteiger partial charge < -0.3 is 4.90 Å². The summed E-state index contributed by atoms with van der Waals surface area (Å²) in [6, 6.07) is 6.39. The number of hydrogen-bond donors (Lipinski definition) is 0. The minimum atomic E-state index is -1.77. The summed E-state index contributed by atoms with van der Waals surface area (Å²) in [5.41, 5.74) is 9.16. The largest absolute Gasteiger partial charge is 0.310 e. The van der Waals surface area contributed by atoms with Crippen LogP contribution in [-0.4, -0.2) is 20.5 Å². The van der Waals surface area contributed by atoms with E-state index >= 15 is 0 Å². The fraction of sp³-hybridized carbons (Fsp3) is 0.609. The number of carbonyl (C=O) groups is 1. The number of hydrogen-bond acceptors (Lipinski definition) is 1. The Hall–Kier alpha value is -1.53. The van der Waals surface area contributed by atoms with E-state index in [-0.39, 0.29) is 5.92 Å². The summed E-state index contributed by atoms with van der Waals surface area (Å²) in [6.45, 7) is 14.9. The van der Waals surface area contributed by atoms with Crippen LogP contribution in [0.25, 0.3) is 0 Å². The van der Waals surface area contributed by atoms with Crippen LogP contribution in [-0.2, 0) is 11.2 Å². The predicted molar refractivity (Wildman–Crippen MR) is 113 cm³/mol. The van der Waals surface area contributed by atoms with Gasteiger partial charge in [-0.25, -0.2) is 0 Å². The van der Waals surface area contributed by atoms with E-state index in [1.807, 2.05) is 4.90 Å². The first-order valence-electron chi connectivity index (χ1n) is 10.3. The number of para-hydroxylation sites is 1. The van der Waals surface area contributed by atoms with E-state index in [1.165, 1.54) is 5.56 Å². The molecule has 0 radical (unpaired) electrons. The predicted octanol–water partition coefficient (Wildman–Crippen LogP) is 5.56. The van der Waals surface area contributed by atoms with Gasteiger partial charge in [0.1, 0.15) is 8.07 Å². The maximum absolute atomic E-state index is 12.7. The summed E-state index contributed by atoms with van der Waals surface area (Å²) in [5.74, 6) is 4.17. The fourth-order valence-electron chi connectivity index (χ4n) is 4.94. The zero-order chi connectivity index (χ0) is 19.1. The second-order valence-electron chi connectivity index (χ2n) is 8.97. The lowest BCUT2D eigenvalue weighted by atomic mass is 10.1. The Bertz CT molecular complexity index is 727. The van der Waals surface area contributed by atoms with Crippen LogP contribution in [0.5, 0.6) is 0 Å². The molecule has 1 amide bonds. The first-order valence-corrected chi connectivity index (χ1v) is 12.5. The van der Waals surface area contributed by atoms with E-state index in [2.05, 4.69) is 71.2 Å². The molecular formula is C23H33NOSi. The number of fused-ring (bicyclic) bond motifs is 1. The second kappa shape index (κ2) is 7.23. The molecule has 0 unspecified atom stereocenters. The molecule has 2 aliphatic rings. The third-order valence-electron chi connectivity index (χ3n) is 6.47. The fourth-order valence-corrected chi connectivity index (χ4v) is 10.2. The van der Waals surface area contributed by atoms with Crippen molar-refractivity contribution in [1.29, 1.82) is 0 Å². The van der Waals surface area contributed by atoms with Crippen LogP contribution in [0.2, 0.25) is 16.6 Å². The molecular weight excluding hydrogens is 334 g/mol. The molecule has 140 valence electrons. The lowest BCUT2D eigenvalue weighted by Gasteiger charge is -2.38. The second-order valence-corrected chi connectivity index (χ2v) is 14.6. The van der Waals surface area contributed by atoms with Crippen LogP contribution in [0.1, 0.15) is 65.5 Å². The Labute approximate surface area is 160 Å². The Morgan fingerprint density at radius 2 is 1.69 bits per heavy atom. The van der Waals surface area contributed by atoms with Crippen molar-refractivity contribution in [2.75, 3.05) is 11.4 Å². The SMILES string of the molecule is CC(C)[Si](C#Cc1cccc2c1N(C(=O)C1CC1)CC2)(C(C)C)C(C)C. The minimum absolute atomic E-state index is 0.262. The third kappa shape index (κ3) is 3.25. The van der Waals surface area contributed by atoms with Crippen LogP contribution in [0.3, 0.4) is 0 Å². The molecule has 0 spiro atoms. The zero-order valence-electron chi connectivity index (χ0n) is 17.2. The highest BCUT2D eigenvalue weighted by molar-refractivity contribution is 6.90. The van der Waals surface area contributed by atoms with E-state index in [0.29, 0.717) is 22.5 Å². The minimum Gasteiger partial charge on any atom is -0.310 e. The average molecular weight is 368 g/mol. The van der Waals surface area contributed by atoms with Crippen molar-refractivity contribution < 1.29 is 4.79 Å². The molecule has 1 aromatic carbocycles. The normalized spacial score (nSPS) is 16.9. The summed E-state index contributed by atoms with van der Waals surface area (Å²) in [7, 11) is -1.77. The lowest BCUT2D eigenvalue weighted by Crippen LogP contribution is -2.43. The number of benzene rings is 1. The molecule has 1 aliphatic carbocycles. The lowest BCUT2D eigenvalue weighted by molar-refractivity contribution is -0.119. The van der Waals surface area contributed by atoms with Gasteiger partial charge in [0.2, 0.25) is 5.91 Å². The average Bonchev–Trinajstić information content (AvgIpc) is 3.33. The molecule has 0 atom stereocenters. The van der Waals surface area contributed by atoms with E-state index in [4.69, 9.17) is 0 Å². The monoisotopic (exact) mass is 367 g/mol. The number of carbonyl (C=O) groups excluding carboxylic acids is 1. The van der Waals surface area contributed by atoms with Gasteiger partial charge in [0.15, 0.2) is 0 Å². The maximum atomic E-state index is 12.7. The van der Waals surface area contributed by atoms with Crippen molar-refractivity contribution in [3.05, 3.63) is 29.3 Å². The van der Waals surface area contributed by atoms with Gasteiger partial charge in [0, 0.05) is 18.0 Å². The Morgan fingerprint density at radius 1 is 1.08 bits per heavy atom. The molecule has 1 aliphatic heterocycles. The van der Waals surface area contributed by atoms with Crippen LogP contribution in [0, 0.1) is 17.4 Å².